The molecule has 0 aliphatic carbocycles. The highest BCUT2D eigenvalue weighted by molar-refractivity contribution is 5.13. The first-order valence-corrected chi connectivity index (χ1v) is 3.42. The van der Waals surface area contributed by atoms with E-state index in [1.165, 1.54) is 0 Å². The Labute approximate surface area is 82.2 Å². The lowest BCUT2D eigenvalue weighted by atomic mass is 10.1. The van der Waals surface area contributed by atoms with Crippen molar-refractivity contribution in [1.82, 2.24) is 10.1 Å². The maximum atomic E-state index is 12.7. The maximum Gasteiger partial charge on any atom is 0.460 e. The molecule has 4 nitrogen and oxygen atoms in total. The number of hydrogen-bond acceptors (Lipinski definition) is 4. The van der Waals surface area contributed by atoms with Gasteiger partial charge in [0.1, 0.15) is 0 Å². The zero-order valence-corrected chi connectivity index (χ0v) is 7.03. The molecule has 2 N–H and O–H groups in total. The lowest BCUT2D eigenvalue weighted by molar-refractivity contribution is -0.361. The van der Waals surface area contributed by atoms with Crippen molar-refractivity contribution in [2.75, 3.05) is 5.73 Å². The number of anilines is 1. The summed E-state index contributed by atoms with van der Waals surface area (Å²) in [6.07, 6.45) is -6.45. The molecule has 92 valence electrons. The number of nitrogens with two attached hydrogens (primary N) is 1. The Balaban J connectivity index is 3.21. The number of rotatable bonds is 2. The van der Waals surface area contributed by atoms with Crippen molar-refractivity contribution in [2.45, 2.75) is 18.0 Å². The molecule has 0 aromatic carbocycles. The van der Waals surface area contributed by atoms with Gasteiger partial charge in [-0.1, -0.05) is 5.16 Å². The molecule has 1 aromatic rings. The minimum absolute atomic E-state index is 1.05. The molecule has 0 unspecified atom stereocenters. The molecule has 1 heterocycles. The number of aromatic nitrogens is 2. The molecule has 0 aliphatic heterocycles. The van der Waals surface area contributed by atoms with Crippen molar-refractivity contribution < 1.29 is 35.3 Å². The van der Waals surface area contributed by atoms with Crippen molar-refractivity contribution in [2.24, 2.45) is 0 Å². The smallest absolute Gasteiger partial charge is 0.351 e. The highest BCUT2D eigenvalue weighted by Gasteiger charge is 2.75. The molecular weight excluding hydrogens is 251 g/mol. The van der Waals surface area contributed by atoms with Gasteiger partial charge >= 0.3 is 24.0 Å². The van der Waals surface area contributed by atoms with E-state index < -0.39 is 29.9 Å². The zero-order valence-electron chi connectivity index (χ0n) is 7.03. The second-order valence-corrected chi connectivity index (χ2v) is 2.60. The van der Waals surface area contributed by atoms with Crippen LogP contribution in [0.15, 0.2) is 4.52 Å². The molecule has 1 rings (SSSR count). The van der Waals surface area contributed by atoms with Crippen LogP contribution in [0, 0.1) is 0 Å². The average Bonchev–Trinajstić information content (AvgIpc) is 2.49. The fourth-order valence-corrected chi connectivity index (χ4v) is 0.681. The SMILES string of the molecule is Nc1nc(C(F)(F)C(F)(F)C(F)(F)F)no1. The highest BCUT2D eigenvalue weighted by Crippen LogP contribution is 2.50. The molecule has 0 spiro atoms. The number of alkyl halides is 7. The molecule has 0 amide bonds. The summed E-state index contributed by atoms with van der Waals surface area (Å²) in [6.45, 7) is 0. The third kappa shape index (κ3) is 1.65. The summed E-state index contributed by atoms with van der Waals surface area (Å²) in [5.74, 6) is -14.1. The van der Waals surface area contributed by atoms with Crippen molar-refractivity contribution in [3.05, 3.63) is 5.82 Å². The first kappa shape index (κ1) is 12.5. The van der Waals surface area contributed by atoms with Gasteiger partial charge in [0, 0.05) is 0 Å². The lowest BCUT2D eigenvalue weighted by Gasteiger charge is -2.25. The van der Waals surface area contributed by atoms with Crippen molar-refractivity contribution in [1.29, 1.82) is 0 Å². The average molecular weight is 253 g/mol. The summed E-state index contributed by atoms with van der Waals surface area (Å²) in [6, 6.07) is -1.05. The van der Waals surface area contributed by atoms with Gasteiger partial charge in [-0.25, -0.2) is 0 Å². The van der Waals surface area contributed by atoms with Crippen LogP contribution < -0.4 is 5.73 Å². The number of nitrogen functional groups attached to an aromatic ring is 1. The zero-order chi connectivity index (χ0) is 12.8. The highest BCUT2D eigenvalue weighted by atomic mass is 19.4. The minimum atomic E-state index is -6.45. The molecule has 1 aromatic heterocycles. The summed E-state index contributed by atoms with van der Waals surface area (Å²) in [5, 5.41) is 2.23. The predicted molar refractivity (Wildman–Crippen MR) is 33.6 cm³/mol. The third-order valence-corrected chi connectivity index (χ3v) is 1.47. The second kappa shape index (κ2) is 3.22. The van der Waals surface area contributed by atoms with Crippen LogP contribution in [0.3, 0.4) is 0 Å². The molecular formula is C5H2F7N3O. The van der Waals surface area contributed by atoms with Crippen LogP contribution in [0.1, 0.15) is 5.82 Å². The predicted octanol–water partition coefficient (Wildman–Crippen LogP) is 1.94. The number of halogens is 7. The van der Waals surface area contributed by atoms with E-state index in [-0.39, 0.29) is 0 Å². The molecule has 0 saturated carbocycles. The standard InChI is InChI=1S/C5H2F7N3O/c6-3(7,1-14-2(13)16-15-1)4(8,9)5(10,11)12/h(H2,13,14,15). The minimum Gasteiger partial charge on any atom is -0.351 e. The van der Waals surface area contributed by atoms with Gasteiger partial charge in [0.2, 0.25) is 5.82 Å². The molecule has 0 fully saturated rings. The third-order valence-electron chi connectivity index (χ3n) is 1.47. The molecule has 11 heteroatoms. The Morgan fingerprint density at radius 1 is 1.00 bits per heavy atom. The largest absolute Gasteiger partial charge is 0.460 e. The van der Waals surface area contributed by atoms with E-state index in [4.69, 9.17) is 0 Å². The monoisotopic (exact) mass is 253 g/mol. The summed E-state index contributed by atoms with van der Waals surface area (Å²) in [4.78, 5) is 2.43. The van der Waals surface area contributed by atoms with E-state index in [0.717, 1.165) is 0 Å². The second-order valence-electron chi connectivity index (χ2n) is 2.60. The van der Waals surface area contributed by atoms with Gasteiger partial charge < -0.3 is 10.3 Å². The van der Waals surface area contributed by atoms with E-state index in [0.29, 0.717) is 0 Å². The van der Waals surface area contributed by atoms with E-state index >= 15 is 0 Å². The van der Waals surface area contributed by atoms with Gasteiger partial charge in [-0.2, -0.15) is 35.7 Å². The first-order valence-electron chi connectivity index (χ1n) is 3.42. The summed E-state index contributed by atoms with van der Waals surface area (Å²) < 4.78 is 88.9. The van der Waals surface area contributed by atoms with E-state index in [2.05, 4.69) is 20.4 Å². The molecule has 16 heavy (non-hydrogen) atoms. The van der Waals surface area contributed by atoms with Crippen molar-refractivity contribution in [3.8, 4) is 0 Å². The normalized spacial score (nSPS) is 14.2. The molecule has 0 saturated heterocycles. The quantitative estimate of drug-likeness (QED) is 0.818. The molecule has 0 bridgehead atoms. The van der Waals surface area contributed by atoms with Gasteiger partial charge in [0.15, 0.2) is 0 Å². The van der Waals surface area contributed by atoms with Crippen molar-refractivity contribution >= 4 is 6.01 Å². The van der Waals surface area contributed by atoms with Crippen LogP contribution in [0.4, 0.5) is 36.7 Å². The van der Waals surface area contributed by atoms with Crippen LogP contribution in [0.2, 0.25) is 0 Å². The van der Waals surface area contributed by atoms with Crippen molar-refractivity contribution in [3.63, 3.8) is 0 Å². The topological polar surface area (TPSA) is 64.9 Å². The lowest BCUT2D eigenvalue weighted by Crippen LogP contribution is -2.50. The fraction of sp³-hybridized carbons (Fsp3) is 0.600. The van der Waals surface area contributed by atoms with Crippen LogP contribution in [-0.2, 0) is 5.92 Å². The molecule has 0 radical (unpaired) electrons. The molecule has 0 atom stereocenters. The Morgan fingerprint density at radius 2 is 1.50 bits per heavy atom. The maximum absolute atomic E-state index is 12.7. The Hall–Kier alpha value is -1.55. The van der Waals surface area contributed by atoms with E-state index in [1.54, 1.807) is 0 Å². The summed E-state index contributed by atoms with van der Waals surface area (Å²) in [5.41, 5.74) is 4.63. The fourth-order valence-electron chi connectivity index (χ4n) is 0.681. The number of hydrogen-bond donors (Lipinski definition) is 1. The van der Waals surface area contributed by atoms with Crippen LogP contribution >= 0.6 is 0 Å². The number of nitrogens with zero attached hydrogens (tertiary/aromatic N) is 2. The summed E-state index contributed by atoms with van der Waals surface area (Å²) >= 11 is 0. The van der Waals surface area contributed by atoms with Gasteiger partial charge in [0.05, 0.1) is 0 Å². The van der Waals surface area contributed by atoms with Crippen LogP contribution in [-0.4, -0.2) is 22.2 Å². The van der Waals surface area contributed by atoms with Gasteiger partial charge in [-0.3, -0.25) is 0 Å². The van der Waals surface area contributed by atoms with Gasteiger partial charge in [0.25, 0.3) is 0 Å². The Bertz CT molecular complexity index is 384. The van der Waals surface area contributed by atoms with Gasteiger partial charge in [-0.15, -0.1) is 0 Å². The Kier molecular flexibility index (Phi) is 2.52. The van der Waals surface area contributed by atoms with E-state index in [9.17, 15) is 30.7 Å². The summed E-state index contributed by atoms with van der Waals surface area (Å²) in [7, 11) is 0. The first-order chi connectivity index (χ1) is 7.00. The van der Waals surface area contributed by atoms with E-state index in [1.807, 2.05) is 0 Å². The van der Waals surface area contributed by atoms with Gasteiger partial charge in [-0.05, 0) is 0 Å². The van der Waals surface area contributed by atoms with Crippen LogP contribution in [0.25, 0.3) is 0 Å². The van der Waals surface area contributed by atoms with Crippen LogP contribution in [0.5, 0.6) is 0 Å². The Morgan fingerprint density at radius 3 is 1.81 bits per heavy atom. The molecule has 0 aliphatic rings.